The molecule has 0 aliphatic rings. The Bertz CT molecular complexity index is 590. The van der Waals surface area contributed by atoms with E-state index in [1.54, 1.807) is 7.05 Å². The maximum Gasteiger partial charge on any atom is 0.330 e. The van der Waals surface area contributed by atoms with Gasteiger partial charge in [-0.15, -0.1) is 0 Å². The first kappa shape index (κ1) is 15.8. The third kappa shape index (κ3) is 3.40. The monoisotopic (exact) mass is 283 g/mol. The molecule has 0 spiro atoms. The normalized spacial score (nSPS) is 10.3. The van der Waals surface area contributed by atoms with Gasteiger partial charge in [-0.1, -0.05) is 13.3 Å². The number of likely N-dealkylation sites (N-methyl/N-ethyl adjacent to an activating group) is 2. The number of hydrogen-bond acceptors (Lipinski definition) is 5. The number of nitrogens with zero attached hydrogens (tertiary/aromatic N) is 2. The second-order valence-electron chi connectivity index (χ2n) is 4.53. The van der Waals surface area contributed by atoms with E-state index in [0.29, 0.717) is 6.54 Å². The zero-order valence-corrected chi connectivity index (χ0v) is 12.0. The van der Waals surface area contributed by atoms with E-state index >= 15 is 0 Å². The Morgan fingerprint density at radius 2 is 2.10 bits per heavy atom. The highest BCUT2D eigenvalue weighted by Gasteiger charge is 2.17. The average Bonchev–Trinajstić information content (AvgIpc) is 2.37. The summed E-state index contributed by atoms with van der Waals surface area (Å²) in [7, 11) is 3.08. The van der Waals surface area contributed by atoms with E-state index in [1.165, 1.54) is 16.5 Å². The number of amides is 1. The molecular weight excluding hydrogens is 262 g/mol. The SMILES string of the molecule is CCCCn1c(N)c(N(C)CC(=O)NC)c(=O)[nH]c1=O. The van der Waals surface area contributed by atoms with Crippen LogP contribution in [0.4, 0.5) is 11.5 Å². The number of hydrogen-bond donors (Lipinski definition) is 3. The van der Waals surface area contributed by atoms with Gasteiger partial charge in [-0.05, 0) is 6.42 Å². The number of unbranched alkanes of at least 4 members (excludes halogenated alkanes) is 1. The van der Waals surface area contributed by atoms with Gasteiger partial charge >= 0.3 is 5.69 Å². The molecule has 0 unspecified atom stereocenters. The highest BCUT2D eigenvalue weighted by atomic mass is 16.2. The molecule has 1 aromatic rings. The van der Waals surface area contributed by atoms with E-state index in [0.717, 1.165) is 12.8 Å². The van der Waals surface area contributed by atoms with Gasteiger partial charge in [0.1, 0.15) is 11.5 Å². The molecule has 0 radical (unpaired) electrons. The van der Waals surface area contributed by atoms with Crippen LogP contribution in [0, 0.1) is 0 Å². The fraction of sp³-hybridized carbons (Fsp3) is 0.583. The van der Waals surface area contributed by atoms with Crippen LogP contribution in [0.25, 0.3) is 0 Å². The summed E-state index contributed by atoms with van der Waals surface area (Å²) >= 11 is 0. The smallest absolute Gasteiger partial charge is 0.330 e. The summed E-state index contributed by atoms with van der Waals surface area (Å²) < 4.78 is 1.32. The number of nitrogen functional groups attached to an aromatic ring is 1. The second kappa shape index (κ2) is 6.78. The first-order valence-electron chi connectivity index (χ1n) is 6.46. The topological polar surface area (TPSA) is 113 Å². The van der Waals surface area contributed by atoms with Crippen LogP contribution < -0.4 is 27.2 Å². The lowest BCUT2D eigenvalue weighted by atomic mass is 10.3. The van der Waals surface area contributed by atoms with Crippen molar-refractivity contribution in [3.8, 4) is 0 Å². The van der Waals surface area contributed by atoms with Gasteiger partial charge in [0.15, 0.2) is 0 Å². The van der Waals surface area contributed by atoms with Crippen molar-refractivity contribution in [1.82, 2.24) is 14.9 Å². The van der Waals surface area contributed by atoms with Crippen LogP contribution in [-0.2, 0) is 11.3 Å². The zero-order chi connectivity index (χ0) is 15.3. The summed E-state index contributed by atoms with van der Waals surface area (Å²) in [5.41, 5.74) is 4.92. The Labute approximate surface area is 116 Å². The molecule has 0 atom stereocenters. The summed E-state index contributed by atoms with van der Waals surface area (Å²) in [6.45, 7) is 2.40. The first-order valence-corrected chi connectivity index (χ1v) is 6.46. The standard InChI is InChI=1S/C12H21N5O3/c1-4-5-6-17-10(13)9(11(19)15-12(17)20)16(3)7-8(18)14-2/h4-7,13H2,1-3H3,(H,14,18)(H,15,19,20). The van der Waals surface area contributed by atoms with Crippen LogP contribution >= 0.6 is 0 Å². The van der Waals surface area contributed by atoms with Gasteiger partial charge < -0.3 is 16.0 Å². The second-order valence-corrected chi connectivity index (χ2v) is 4.53. The largest absolute Gasteiger partial charge is 0.383 e. The number of anilines is 2. The molecule has 1 aromatic heterocycles. The Balaban J connectivity index is 3.22. The van der Waals surface area contributed by atoms with E-state index < -0.39 is 11.2 Å². The Morgan fingerprint density at radius 1 is 1.45 bits per heavy atom. The number of rotatable bonds is 6. The minimum Gasteiger partial charge on any atom is -0.383 e. The van der Waals surface area contributed by atoms with Crippen LogP contribution in [0.15, 0.2) is 9.59 Å². The van der Waals surface area contributed by atoms with Gasteiger partial charge in [-0.25, -0.2) is 4.79 Å². The molecule has 112 valence electrons. The Hall–Kier alpha value is -2.25. The number of nitrogens with two attached hydrogens (primary N) is 1. The predicted octanol–water partition coefficient (Wildman–Crippen LogP) is -0.899. The summed E-state index contributed by atoms with van der Waals surface area (Å²) in [4.78, 5) is 38.6. The minimum absolute atomic E-state index is 0.0181. The van der Waals surface area contributed by atoms with Crippen molar-refractivity contribution in [3.63, 3.8) is 0 Å². The van der Waals surface area contributed by atoms with Crippen molar-refractivity contribution in [2.75, 3.05) is 31.3 Å². The van der Waals surface area contributed by atoms with Crippen LogP contribution in [0.2, 0.25) is 0 Å². The molecule has 8 heteroatoms. The summed E-state index contributed by atoms with van der Waals surface area (Å²) in [5.74, 6) is -0.170. The molecule has 1 rings (SSSR count). The number of nitrogens with one attached hydrogen (secondary N) is 2. The number of carbonyl (C=O) groups is 1. The molecule has 1 heterocycles. The molecule has 0 bridgehead atoms. The fourth-order valence-electron chi connectivity index (χ4n) is 1.86. The van der Waals surface area contributed by atoms with Gasteiger partial charge in [-0.2, -0.15) is 0 Å². The number of carbonyl (C=O) groups excluding carboxylic acids is 1. The van der Waals surface area contributed by atoms with Crippen molar-refractivity contribution >= 4 is 17.4 Å². The molecule has 1 amide bonds. The lowest BCUT2D eigenvalue weighted by molar-refractivity contribution is -0.119. The molecule has 4 N–H and O–H groups in total. The molecule has 0 aliphatic heterocycles. The molecule has 0 aromatic carbocycles. The van der Waals surface area contributed by atoms with Gasteiger partial charge in [0.2, 0.25) is 5.91 Å². The van der Waals surface area contributed by atoms with Crippen molar-refractivity contribution < 1.29 is 4.79 Å². The van der Waals surface area contributed by atoms with Gasteiger partial charge in [-0.3, -0.25) is 19.1 Å². The van der Waals surface area contributed by atoms with Crippen molar-refractivity contribution in [2.24, 2.45) is 0 Å². The molecule has 0 saturated heterocycles. The van der Waals surface area contributed by atoms with Crippen LogP contribution in [0.1, 0.15) is 19.8 Å². The lowest BCUT2D eigenvalue weighted by Crippen LogP contribution is -2.40. The maximum absolute atomic E-state index is 11.9. The lowest BCUT2D eigenvalue weighted by Gasteiger charge is -2.20. The van der Waals surface area contributed by atoms with E-state index in [1.807, 2.05) is 6.92 Å². The summed E-state index contributed by atoms with van der Waals surface area (Å²) in [6, 6.07) is 0. The Kier molecular flexibility index (Phi) is 5.36. The first-order chi connectivity index (χ1) is 9.42. The fourth-order valence-corrected chi connectivity index (χ4v) is 1.86. The molecular formula is C12H21N5O3. The van der Waals surface area contributed by atoms with Crippen molar-refractivity contribution in [2.45, 2.75) is 26.3 Å². The Morgan fingerprint density at radius 3 is 2.65 bits per heavy atom. The van der Waals surface area contributed by atoms with Crippen LogP contribution in [-0.4, -0.2) is 36.1 Å². The van der Waals surface area contributed by atoms with Crippen molar-refractivity contribution in [1.29, 1.82) is 0 Å². The molecule has 20 heavy (non-hydrogen) atoms. The third-order valence-electron chi connectivity index (χ3n) is 2.99. The summed E-state index contributed by atoms with van der Waals surface area (Å²) in [5, 5.41) is 2.46. The van der Waals surface area contributed by atoms with Gasteiger partial charge in [0, 0.05) is 20.6 Å². The van der Waals surface area contributed by atoms with E-state index in [4.69, 9.17) is 5.73 Å². The summed E-state index contributed by atoms with van der Waals surface area (Å²) in [6.07, 6.45) is 1.67. The molecule has 0 saturated carbocycles. The predicted molar refractivity (Wildman–Crippen MR) is 78.0 cm³/mol. The van der Waals surface area contributed by atoms with Crippen LogP contribution in [0.3, 0.4) is 0 Å². The zero-order valence-electron chi connectivity index (χ0n) is 12.0. The van der Waals surface area contributed by atoms with E-state index in [-0.39, 0.29) is 24.0 Å². The maximum atomic E-state index is 11.9. The molecule has 0 aliphatic carbocycles. The number of aromatic amines is 1. The average molecular weight is 283 g/mol. The number of H-pyrrole nitrogens is 1. The van der Waals surface area contributed by atoms with Gasteiger partial charge in [0.25, 0.3) is 5.56 Å². The van der Waals surface area contributed by atoms with Crippen molar-refractivity contribution in [3.05, 3.63) is 20.8 Å². The van der Waals surface area contributed by atoms with Gasteiger partial charge in [0.05, 0.1) is 6.54 Å². The highest BCUT2D eigenvalue weighted by molar-refractivity contribution is 5.82. The third-order valence-corrected chi connectivity index (χ3v) is 2.99. The van der Waals surface area contributed by atoms with Crippen LogP contribution in [0.5, 0.6) is 0 Å². The quantitative estimate of drug-likeness (QED) is 0.626. The van der Waals surface area contributed by atoms with E-state index in [2.05, 4.69) is 10.3 Å². The number of aromatic nitrogens is 2. The molecule has 0 fully saturated rings. The highest BCUT2D eigenvalue weighted by Crippen LogP contribution is 2.14. The molecule has 8 nitrogen and oxygen atoms in total. The minimum atomic E-state index is -0.591. The van der Waals surface area contributed by atoms with E-state index in [9.17, 15) is 14.4 Å².